The molecule has 92 valence electrons. The summed E-state index contributed by atoms with van der Waals surface area (Å²) in [5.41, 5.74) is 0.0609. The second-order valence-electron chi connectivity index (χ2n) is 5.37. The van der Waals surface area contributed by atoms with E-state index in [9.17, 15) is 0 Å². The van der Waals surface area contributed by atoms with Gasteiger partial charge < -0.3 is 10.1 Å². The van der Waals surface area contributed by atoms with E-state index in [1.165, 1.54) is 19.3 Å². The predicted molar refractivity (Wildman–Crippen MR) is 67.3 cm³/mol. The van der Waals surface area contributed by atoms with E-state index < -0.39 is 0 Å². The zero-order valence-electron chi connectivity index (χ0n) is 11.2. The van der Waals surface area contributed by atoms with E-state index in [1.807, 2.05) is 0 Å². The van der Waals surface area contributed by atoms with Crippen molar-refractivity contribution in [3.05, 3.63) is 0 Å². The topological polar surface area (TPSA) is 21.3 Å². The van der Waals surface area contributed by atoms with Crippen molar-refractivity contribution in [1.29, 1.82) is 0 Å². The van der Waals surface area contributed by atoms with Gasteiger partial charge in [-0.2, -0.15) is 0 Å². The summed E-state index contributed by atoms with van der Waals surface area (Å²) in [7, 11) is 1.80. The first-order chi connectivity index (χ1) is 6.98. The van der Waals surface area contributed by atoms with Gasteiger partial charge in [-0.1, -0.05) is 26.7 Å². The molecule has 0 amide bonds. The molecule has 0 fully saturated rings. The molecule has 0 saturated heterocycles. The van der Waals surface area contributed by atoms with Crippen LogP contribution in [-0.2, 0) is 4.74 Å². The molecule has 0 bridgehead atoms. The van der Waals surface area contributed by atoms with E-state index in [1.54, 1.807) is 7.11 Å². The fraction of sp³-hybridized carbons (Fsp3) is 1.00. The third-order valence-corrected chi connectivity index (χ3v) is 2.74. The summed E-state index contributed by atoms with van der Waals surface area (Å²) in [5, 5.41) is 3.47. The maximum absolute atomic E-state index is 5.38. The number of methoxy groups -OCH3 is 1. The van der Waals surface area contributed by atoms with Gasteiger partial charge >= 0.3 is 0 Å². The number of hydrogen-bond donors (Lipinski definition) is 1. The van der Waals surface area contributed by atoms with Gasteiger partial charge in [-0.3, -0.25) is 0 Å². The zero-order chi connectivity index (χ0) is 11.7. The Morgan fingerprint density at radius 3 is 2.33 bits per heavy atom. The molecule has 0 radical (unpaired) electrons. The first-order valence-corrected chi connectivity index (χ1v) is 6.24. The quantitative estimate of drug-likeness (QED) is 0.596. The summed E-state index contributed by atoms with van der Waals surface area (Å²) in [6.07, 6.45) is 5.02. The van der Waals surface area contributed by atoms with Crippen molar-refractivity contribution in [2.75, 3.05) is 20.2 Å². The van der Waals surface area contributed by atoms with Crippen molar-refractivity contribution in [3.8, 4) is 0 Å². The van der Waals surface area contributed by atoms with Crippen LogP contribution in [0.4, 0.5) is 0 Å². The molecule has 0 aromatic rings. The first kappa shape index (κ1) is 14.9. The third kappa shape index (κ3) is 10.2. The molecule has 2 heteroatoms. The van der Waals surface area contributed by atoms with Crippen molar-refractivity contribution >= 4 is 0 Å². The van der Waals surface area contributed by atoms with Crippen LogP contribution < -0.4 is 5.32 Å². The zero-order valence-corrected chi connectivity index (χ0v) is 11.2. The average Bonchev–Trinajstić information content (AvgIpc) is 2.16. The van der Waals surface area contributed by atoms with E-state index in [2.05, 4.69) is 33.0 Å². The summed E-state index contributed by atoms with van der Waals surface area (Å²) in [6, 6.07) is 0. The van der Waals surface area contributed by atoms with Crippen LogP contribution in [0.5, 0.6) is 0 Å². The predicted octanol–water partition coefficient (Wildman–Crippen LogP) is 3.22. The smallest absolute Gasteiger partial charge is 0.0622 e. The SMILES string of the molecule is COC(C)(C)CCCCCNCC(C)C. The summed E-state index contributed by atoms with van der Waals surface area (Å²) < 4.78 is 5.38. The van der Waals surface area contributed by atoms with E-state index >= 15 is 0 Å². The summed E-state index contributed by atoms with van der Waals surface area (Å²) in [5.74, 6) is 0.762. The van der Waals surface area contributed by atoms with Crippen molar-refractivity contribution in [3.63, 3.8) is 0 Å². The van der Waals surface area contributed by atoms with Crippen LogP contribution in [0.1, 0.15) is 53.4 Å². The average molecular weight is 215 g/mol. The molecular weight excluding hydrogens is 186 g/mol. The Bertz CT molecular complexity index is 143. The molecule has 1 N–H and O–H groups in total. The van der Waals surface area contributed by atoms with E-state index in [4.69, 9.17) is 4.74 Å². The number of unbranched alkanes of at least 4 members (excludes halogenated alkanes) is 2. The fourth-order valence-corrected chi connectivity index (χ4v) is 1.47. The normalized spacial score (nSPS) is 12.4. The molecule has 0 aliphatic carbocycles. The Labute approximate surface area is 95.8 Å². The highest BCUT2D eigenvalue weighted by Gasteiger charge is 2.14. The van der Waals surface area contributed by atoms with Gasteiger partial charge in [-0.05, 0) is 45.7 Å². The van der Waals surface area contributed by atoms with Crippen molar-refractivity contribution < 1.29 is 4.74 Å². The molecule has 0 aromatic heterocycles. The fourth-order valence-electron chi connectivity index (χ4n) is 1.47. The van der Waals surface area contributed by atoms with Crippen LogP contribution in [0.25, 0.3) is 0 Å². The molecule has 0 aliphatic rings. The maximum atomic E-state index is 5.38. The molecule has 15 heavy (non-hydrogen) atoms. The van der Waals surface area contributed by atoms with Crippen molar-refractivity contribution in [2.24, 2.45) is 5.92 Å². The van der Waals surface area contributed by atoms with Crippen LogP contribution in [0.15, 0.2) is 0 Å². The summed E-state index contributed by atoms with van der Waals surface area (Å²) in [6.45, 7) is 11.1. The van der Waals surface area contributed by atoms with Gasteiger partial charge in [-0.15, -0.1) is 0 Å². The lowest BCUT2D eigenvalue weighted by atomic mass is 10.0. The number of ether oxygens (including phenoxy) is 1. The van der Waals surface area contributed by atoms with Crippen LogP contribution in [0.2, 0.25) is 0 Å². The van der Waals surface area contributed by atoms with Crippen LogP contribution in [0, 0.1) is 5.92 Å². The lowest BCUT2D eigenvalue weighted by Gasteiger charge is -2.22. The minimum Gasteiger partial charge on any atom is -0.379 e. The number of rotatable bonds is 9. The van der Waals surface area contributed by atoms with Crippen LogP contribution in [0.3, 0.4) is 0 Å². The second kappa shape index (κ2) is 8.12. The lowest BCUT2D eigenvalue weighted by molar-refractivity contribution is 0.0134. The Balaban J connectivity index is 3.18. The lowest BCUT2D eigenvalue weighted by Crippen LogP contribution is -2.22. The molecule has 0 rings (SSSR count). The Morgan fingerprint density at radius 2 is 1.80 bits per heavy atom. The van der Waals surface area contributed by atoms with E-state index in [0.717, 1.165) is 25.4 Å². The maximum Gasteiger partial charge on any atom is 0.0622 e. The standard InChI is InChI=1S/C13H29NO/c1-12(2)11-14-10-8-6-7-9-13(3,4)15-5/h12,14H,6-11H2,1-5H3. The molecule has 0 aliphatic heterocycles. The van der Waals surface area contributed by atoms with Crippen molar-refractivity contribution in [2.45, 2.75) is 59.0 Å². The third-order valence-electron chi connectivity index (χ3n) is 2.74. The van der Waals surface area contributed by atoms with Gasteiger partial charge in [0.25, 0.3) is 0 Å². The summed E-state index contributed by atoms with van der Waals surface area (Å²) >= 11 is 0. The highest BCUT2D eigenvalue weighted by atomic mass is 16.5. The highest BCUT2D eigenvalue weighted by Crippen LogP contribution is 2.16. The first-order valence-electron chi connectivity index (χ1n) is 6.24. The molecular formula is C13H29NO. The summed E-state index contributed by atoms with van der Waals surface area (Å²) in [4.78, 5) is 0. The van der Waals surface area contributed by atoms with Gasteiger partial charge in [0.2, 0.25) is 0 Å². The van der Waals surface area contributed by atoms with Gasteiger partial charge in [0.05, 0.1) is 5.60 Å². The minimum atomic E-state index is 0.0609. The van der Waals surface area contributed by atoms with Gasteiger partial charge in [0.15, 0.2) is 0 Å². The minimum absolute atomic E-state index is 0.0609. The number of hydrogen-bond acceptors (Lipinski definition) is 2. The molecule has 2 nitrogen and oxygen atoms in total. The van der Waals surface area contributed by atoms with E-state index in [0.29, 0.717) is 0 Å². The molecule has 0 heterocycles. The molecule has 0 atom stereocenters. The Hall–Kier alpha value is -0.0800. The monoisotopic (exact) mass is 215 g/mol. The van der Waals surface area contributed by atoms with Gasteiger partial charge in [-0.25, -0.2) is 0 Å². The Morgan fingerprint density at radius 1 is 1.13 bits per heavy atom. The van der Waals surface area contributed by atoms with E-state index in [-0.39, 0.29) is 5.60 Å². The second-order valence-corrected chi connectivity index (χ2v) is 5.37. The van der Waals surface area contributed by atoms with Crippen LogP contribution >= 0.6 is 0 Å². The number of nitrogens with one attached hydrogen (secondary N) is 1. The van der Waals surface area contributed by atoms with Crippen LogP contribution in [-0.4, -0.2) is 25.8 Å². The molecule has 0 aromatic carbocycles. The largest absolute Gasteiger partial charge is 0.379 e. The molecule has 0 unspecified atom stereocenters. The highest BCUT2D eigenvalue weighted by molar-refractivity contribution is 4.67. The van der Waals surface area contributed by atoms with Crippen molar-refractivity contribution in [1.82, 2.24) is 5.32 Å². The van der Waals surface area contributed by atoms with Gasteiger partial charge in [0.1, 0.15) is 0 Å². The molecule has 0 saturated carbocycles. The Kier molecular flexibility index (Phi) is 8.07. The van der Waals surface area contributed by atoms with Gasteiger partial charge in [0, 0.05) is 7.11 Å². The molecule has 0 spiro atoms.